The number of carbonyl (C=O) groups excluding carboxylic acids is 1. The summed E-state index contributed by atoms with van der Waals surface area (Å²) < 4.78 is 0. The lowest BCUT2D eigenvalue weighted by molar-refractivity contribution is -0.141. The van der Waals surface area contributed by atoms with Crippen molar-refractivity contribution in [2.24, 2.45) is 0 Å². The molecule has 0 spiro atoms. The van der Waals surface area contributed by atoms with E-state index >= 15 is 0 Å². The van der Waals surface area contributed by atoms with Crippen molar-refractivity contribution in [1.29, 1.82) is 0 Å². The summed E-state index contributed by atoms with van der Waals surface area (Å²) in [4.78, 5) is 28.8. The van der Waals surface area contributed by atoms with Gasteiger partial charge in [-0.25, -0.2) is 9.59 Å². The van der Waals surface area contributed by atoms with Gasteiger partial charge in [0, 0.05) is 45.2 Å². The number of urea groups is 1. The van der Waals surface area contributed by atoms with Crippen molar-refractivity contribution in [2.75, 3.05) is 32.7 Å². The van der Waals surface area contributed by atoms with Crippen LogP contribution in [0.5, 0.6) is 0 Å². The van der Waals surface area contributed by atoms with E-state index in [4.69, 9.17) is 5.11 Å². The third-order valence-electron chi connectivity index (χ3n) is 4.12. The molecular formula is C13H23N3O4. The molecule has 20 heavy (non-hydrogen) atoms. The zero-order valence-electron chi connectivity index (χ0n) is 12.0. The Balaban J connectivity index is 1.96. The molecule has 0 bridgehead atoms. The number of carboxylic acids is 1. The molecule has 2 aliphatic heterocycles. The molecule has 2 rings (SSSR count). The molecule has 1 unspecified atom stereocenters. The topological polar surface area (TPSA) is 84.3 Å². The summed E-state index contributed by atoms with van der Waals surface area (Å²) in [6.45, 7) is 7.17. The number of aliphatic hydroxyl groups excluding tert-OH is 1. The average Bonchev–Trinajstić information content (AvgIpc) is 2.80. The Hall–Kier alpha value is -1.34. The minimum atomic E-state index is -1.05. The highest BCUT2D eigenvalue weighted by atomic mass is 16.4. The van der Waals surface area contributed by atoms with Crippen LogP contribution in [0.25, 0.3) is 0 Å². The van der Waals surface area contributed by atoms with E-state index in [0.717, 1.165) is 13.1 Å². The van der Waals surface area contributed by atoms with Gasteiger partial charge in [-0.2, -0.15) is 0 Å². The number of aliphatic carboxylic acids is 1. The van der Waals surface area contributed by atoms with Gasteiger partial charge in [0.05, 0.1) is 6.10 Å². The van der Waals surface area contributed by atoms with Gasteiger partial charge in [0.1, 0.15) is 6.04 Å². The quantitative estimate of drug-likeness (QED) is 0.724. The summed E-state index contributed by atoms with van der Waals surface area (Å²) in [5, 5.41) is 18.7. The largest absolute Gasteiger partial charge is 0.480 e. The van der Waals surface area contributed by atoms with Gasteiger partial charge in [0.15, 0.2) is 0 Å². The van der Waals surface area contributed by atoms with Crippen molar-refractivity contribution in [2.45, 2.75) is 38.5 Å². The van der Waals surface area contributed by atoms with E-state index in [-0.39, 0.29) is 19.0 Å². The van der Waals surface area contributed by atoms with Crippen LogP contribution in [0.2, 0.25) is 0 Å². The SMILES string of the molecule is CC(C)N1CCN(C(=O)N2CC(O)C[C@H]2C(=O)O)CC1. The molecule has 2 amide bonds. The Morgan fingerprint density at radius 1 is 1.15 bits per heavy atom. The van der Waals surface area contributed by atoms with Crippen LogP contribution in [0.15, 0.2) is 0 Å². The number of carbonyl (C=O) groups is 2. The number of likely N-dealkylation sites (tertiary alicyclic amines) is 1. The van der Waals surface area contributed by atoms with E-state index in [2.05, 4.69) is 18.7 Å². The summed E-state index contributed by atoms with van der Waals surface area (Å²) in [5.74, 6) is -1.05. The maximum Gasteiger partial charge on any atom is 0.326 e. The Labute approximate surface area is 118 Å². The van der Waals surface area contributed by atoms with Crippen LogP contribution in [0.4, 0.5) is 4.79 Å². The molecule has 0 aromatic heterocycles. The van der Waals surface area contributed by atoms with Crippen LogP contribution >= 0.6 is 0 Å². The fraction of sp³-hybridized carbons (Fsp3) is 0.846. The van der Waals surface area contributed by atoms with Crippen LogP contribution in [-0.4, -0.2) is 87.8 Å². The Kier molecular flexibility index (Phi) is 4.49. The number of nitrogens with zero attached hydrogens (tertiary/aromatic N) is 3. The van der Waals surface area contributed by atoms with Gasteiger partial charge in [0.2, 0.25) is 0 Å². The third-order valence-corrected chi connectivity index (χ3v) is 4.12. The Morgan fingerprint density at radius 3 is 2.25 bits per heavy atom. The maximum absolute atomic E-state index is 12.4. The molecule has 2 atom stereocenters. The van der Waals surface area contributed by atoms with E-state index in [9.17, 15) is 14.7 Å². The zero-order chi connectivity index (χ0) is 14.9. The zero-order valence-corrected chi connectivity index (χ0v) is 12.0. The number of carboxylic acid groups (broad SMARTS) is 1. The minimum Gasteiger partial charge on any atom is -0.480 e. The predicted octanol–water partition coefficient (Wildman–Crippen LogP) is -0.348. The van der Waals surface area contributed by atoms with Crippen molar-refractivity contribution in [3.8, 4) is 0 Å². The number of hydrogen-bond acceptors (Lipinski definition) is 4. The highest BCUT2D eigenvalue weighted by Crippen LogP contribution is 2.20. The first kappa shape index (κ1) is 15.1. The number of amides is 2. The fourth-order valence-corrected chi connectivity index (χ4v) is 2.87. The smallest absolute Gasteiger partial charge is 0.326 e. The number of aliphatic hydroxyl groups is 1. The van der Waals surface area contributed by atoms with Gasteiger partial charge in [-0.3, -0.25) is 4.90 Å². The number of hydrogen-bond donors (Lipinski definition) is 2. The second kappa shape index (κ2) is 5.97. The van der Waals surface area contributed by atoms with E-state index in [1.165, 1.54) is 4.90 Å². The predicted molar refractivity (Wildman–Crippen MR) is 72.4 cm³/mol. The monoisotopic (exact) mass is 285 g/mol. The van der Waals surface area contributed by atoms with E-state index in [0.29, 0.717) is 19.1 Å². The van der Waals surface area contributed by atoms with Crippen molar-refractivity contribution in [3.63, 3.8) is 0 Å². The molecular weight excluding hydrogens is 262 g/mol. The molecule has 7 heteroatoms. The Morgan fingerprint density at radius 2 is 1.75 bits per heavy atom. The van der Waals surface area contributed by atoms with Gasteiger partial charge >= 0.3 is 12.0 Å². The van der Waals surface area contributed by atoms with Crippen LogP contribution in [0.1, 0.15) is 20.3 Å². The van der Waals surface area contributed by atoms with Gasteiger partial charge in [-0.1, -0.05) is 0 Å². The molecule has 0 aliphatic carbocycles. The van der Waals surface area contributed by atoms with Crippen molar-refractivity contribution < 1.29 is 19.8 Å². The van der Waals surface area contributed by atoms with Gasteiger partial charge in [0.25, 0.3) is 0 Å². The second-order valence-corrected chi connectivity index (χ2v) is 5.80. The normalized spacial score (nSPS) is 28.2. The first-order valence-corrected chi connectivity index (χ1v) is 7.10. The molecule has 2 fully saturated rings. The number of piperazine rings is 1. The summed E-state index contributed by atoms with van der Waals surface area (Å²) in [5.41, 5.74) is 0. The maximum atomic E-state index is 12.4. The van der Waals surface area contributed by atoms with Gasteiger partial charge < -0.3 is 20.0 Å². The minimum absolute atomic E-state index is 0.111. The second-order valence-electron chi connectivity index (χ2n) is 5.80. The third kappa shape index (κ3) is 3.04. The standard InChI is InChI=1S/C13H23N3O4/c1-9(2)14-3-5-15(6-4-14)13(20)16-8-10(17)7-11(16)12(18)19/h9-11,17H,3-8H2,1-2H3,(H,18,19)/t10?,11-/m0/s1. The highest BCUT2D eigenvalue weighted by Gasteiger charge is 2.41. The molecule has 2 N–H and O–H groups in total. The number of rotatable bonds is 2. The van der Waals surface area contributed by atoms with Crippen molar-refractivity contribution in [1.82, 2.24) is 14.7 Å². The molecule has 2 saturated heterocycles. The van der Waals surface area contributed by atoms with Crippen LogP contribution in [0.3, 0.4) is 0 Å². The lowest BCUT2D eigenvalue weighted by atomic mass is 10.2. The van der Waals surface area contributed by atoms with Crippen LogP contribution < -0.4 is 0 Å². The molecule has 0 aromatic rings. The lowest BCUT2D eigenvalue weighted by Crippen LogP contribution is -2.55. The molecule has 2 aliphatic rings. The molecule has 114 valence electrons. The van der Waals surface area contributed by atoms with Crippen LogP contribution in [0, 0.1) is 0 Å². The summed E-state index contributed by atoms with van der Waals surface area (Å²) in [6, 6.07) is -0.717. The molecule has 0 saturated carbocycles. The first-order chi connectivity index (χ1) is 9.40. The highest BCUT2D eigenvalue weighted by molar-refractivity contribution is 5.83. The first-order valence-electron chi connectivity index (χ1n) is 7.10. The Bertz CT molecular complexity index is 380. The molecule has 0 aromatic carbocycles. The van der Waals surface area contributed by atoms with Crippen LogP contribution in [-0.2, 0) is 4.79 Å². The van der Waals surface area contributed by atoms with E-state index in [1.807, 2.05) is 0 Å². The van der Waals surface area contributed by atoms with Gasteiger partial charge in [-0.15, -0.1) is 0 Å². The molecule has 0 radical (unpaired) electrons. The summed E-state index contributed by atoms with van der Waals surface area (Å²) in [6.07, 6.45) is -0.621. The van der Waals surface area contributed by atoms with Crippen molar-refractivity contribution >= 4 is 12.0 Å². The molecule has 7 nitrogen and oxygen atoms in total. The van der Waals surface area contributed by atoms with E-state index < -0.39 is 18.1 Å². The lowest BCUT2D eigenvalue weighted by Gasteiger charge is -2.39. The number of β-amino-alcohol motifs (C(OH)–C–C–N with tert-alkyl or cyclic N) is 1. The van der Waals surface area contributed by atoms with Crippen molar-refractivity contribution in [3.05, 3.63) is 0 Å². The van der Waals surface area contributed by atoms with Gasteiger partial charge in [-0.05, 0) is 13.8 Å². The summed E-state index contributed by atoms with van der Waals surface area (Å²) in [7, 11) is 0. The average molecular weight is 285 g/mol. The fourth-order valence-electron chi connectivity index (χ4n) is 2.87. The van der Waals surface area contributed by atoms with E-state index in [1.54, 1.807) is 4.90 Å². The molecule has 2 heterocycles. The summed E-state index contributed by atoms with van der Waals surface area (Å²) >= 11 is 0.